The van der Waals surface area contributed by atoms with Gasteiger partial charge >= 0.3 is 18.5 Å². The van der Waals surface area contributed by atoms with E-state index in [2.05, 4.69) is 21.9 Å². The first-order chi connectivity index (χ1) is 17.3. The molecule has 0 aliphatic heterocycles. The predicted molar refractivity (Wildman–Crippen MR) is 120 cm³/mol. The summed E-state index contributed by atoms with van der Waals surface area (Å²) in [5.41, 5.74) is -5.96. The van der Waals surface area contributed by atoms with E-state index in [-0.39, 0.29) is 28.0 Å². The molecular formula is C25H20F9N3O. The van der Waals surface area contributed by atoms with Crippen LogP contribution in [-0.2, 0) is 11.8 Å². The molecule has 204 valence electrons. The number of aliphatic hydroxyl groups is 1. The van der Waals surface area contributed by atoms with Crippen molar-refractivity contribution >= 4 is 5.70 Å². The molecule has 1 aromatic heterocycles. The van der Waals surface area contributed by atoms with Gasteiger partial charge in [0.1, 0.15) is 0 Å². The Morgan fingerprint density at radius 2 is 1.37 bits per heavy atom. The number of nitrogens with zero attached hydrogens (tertiary/aromatic N) is 2. The fraction of sp³-hybridized carbons (Fsp3) is 0.280. The van der Waals surface area contributed by atoms with E-state index in [1.54, 1.807) is 19.1 Å². The van der Waals surface area contributed by atoms with Crippen LogP contribution < -0.4 is 5.32 Å². The van der Waals surface area contributed by atoms with Gasteiger partial charge in [0.15, 0.2) is 0 Å². The van der Waals surface area contributed by atoms with Gasteiger partial charge in [0.25, 0.3) is 5.60 Å². The lowest BCUT2D eigenvalue weighted by molar-refractivity contribution is -0.376. The van der Waals surface area contributed by atoms with Crippen LogP contribution >= 0.6 is 0 Å². The van der Waals surface area contributed by atoms with Gasteiger partial charge in [0.2, 0.25) is 5.82 Å². The second kappa shape index (κ2) is 9.93. The van der Waals surface area contributed by atoms with Gasteiger partial charge in [0, 0.05) is 29.2 Å². The fourth-order valence-corrected chi connectivity index (χ4v) is 3.55. The van der Waals surface area contributed by atoms with Gasteiger partial charge < -0.3 is 10.4 Å². The summed E-state index contributed by atoms with van der Waals surface area (Å²) in [4.78, 5) is 6.45. The summed E-state index contributed by atoms with van der Waals surface area (Å²) in [6.45, 7) is 6.85. The molecule has 38 heavy (non-hydrogen) atoms. The van der Waals surface area contributed by atoms with E-state index in [0.29, 0.717) is 12.1 Å². The first-order valence-electron chi connectivity index (χ1n) is 10.8. The molecule has 3 rings (SSSR count). The van der Waals surface area contributed by atoms with Crippen LogP contribution in [0.25, 0.3) is 16.8 Å². The first kappa shape index (κ1) is 29.0. The monoisotopic (exact) mass is 549 g/mol. The third-order valence-corrected chi connectivity index (χ3v) is 5.72. The number of alkyl halides is 9. The average molecular weight is 549 g/mol. The smallest absolute Gasteiger partial charge is 0.378 e. The Kier molecular flexibility index (Phi) is 7.57. The minimum Gasteiger partial charge on any atom is -0.378 e. The largest absolute Gasteiger partial charge is 0.451 e. The van der Waals surface area contributed by atoms with Gasteiger partial charge in [0.05, 0.1) is 6.04 Å². The Balaban J connectivity index is 2.08. The minimum absolute atomic E-state index is 0.0714. The number of rotatable bonds is 6. The van der Waals surface area contributed by atoms with Crippen molar-refractivity contribution in [3.05, 3.63) is 89.5 Å². The summed E-state index contributed by atoms with van der Waals surface area (Å²) >= 11 is 0. The zero-order chi connectivity index (χ0) is 28.7. The maximum atomic E-state index is 13.7. The molecule has 3 aromatic rings. The van der Waals surface area contributed by atoms with E-state index in [9.17, 15) is 44.6 Å². The number of halogens is 9. The lowest BCUT2D eigenvalue weighted by Gasteiger charge is -2.33. The fourth-order valence-electron chi connectivity index (χ4n) is 3.55. The highest BCUT2D eigenvalue weighted by Gasteiger charge is 2.71. The maximum absolute atomic E-state index is 13.7. The lowest BCUT2D eigenvalue weighted by atomic mass is 9.87. The van der Waals surface area contributed by atoms with Gasteiger partial charge in [-0.2, -0.15) is 39.5 Å². The quantitative estimate of drug-likeness (QED) is 0.322. The van der Waals surface area contributed by atoms with Crippen LogP contribution in [0.2, 0.25) is 0 Å². The number of aryl methyl sites for hydroxylation is 1. The Bertz CT molecular complexity index is 1280. The summed E-state index contributed by atoms with van der Waals surface area (Å²) in [5.74, 6) is -1.39. The summed E-state index contributed by atoms with van der Waals surface area (Å²) in [6, 6.07) is 7.68. The summed E-state index contributed by atoms with van der Waals surface area (Å²) in [6.07, 6.45) is -15.3. The molecule has 0 bridgehead atoms. The van der Waals surface area contributed by atoms with E-state index >= 15 is 0 Å². The van der Waals surface area contributed by atoms with Gasteiger partial charge in [-0.1, -0.05) is 36.4 Å². The van der Waals surface area contributed by atoms with Crippen LogP contribution in [0.4, 0.5) is 39.5 Å². The molecule has 0 unspecified atom stereocenters. The van der Waals surface area contributed by atoms with Gasteiger partial charge in [-0.15, -0.1) is 0 Å². The Hall–Kier alpha value is -3.61. The van der Waals surface area contributed by atoms with Gasteiger partial charge in [-0.25, -0.2) is 9.97 Å². The zero-order valence-electron chi connectivity index (χ0n) is 19.7. The SMILES string of the molecule is C=C(N[C@H](C)c1cnc(C(F)(F)F)nc1)c1cc(-c2ccc(C)cc2)cc(C(O)(C(F)(F)F)C(F)(F)F)c1. The molecule has 0 aliphatic rings. The number of nitrogens with one attached hydrogen (secondary N) is 1. The molecule has 13 heteroatoms. The van der Waals surface area contributed by atoms with E-state index < -0.39 is 41.6 Å². The Morgan fingerprint density at radius 3 is 1.84 bits per heavy atom. The van der Waals surface area contributed by atoms with Crippen LogP contribution in [0.5, 0.6) is 0 Å². The normalized spacial score (nSPS) is 13.8. The summed E-state index contributed by atoms with van der Waals surface area (Å²) < 4.78 is 120. The van der Waals surface area contributed by atoms with Crippen molar-refractivity contribution in [3.8, 4) is 11.1 Å². The van der Waals surface area contributed by atoms with Crippen molar-refractivity contribution in [1.82, 2.24) is 15.3 Å². The van der Waals surface area contributed by atoms with Gasteiger partial charge in [-0.05, 0) is 48.7 Å². The predicted octanol–water partition coefficient (Wildman–Crippen LogP) is 7.10. The van der Waals surface area contributed by atoms with E-state index in [1.807, 2.05) is 0 Å². The molecule has 0 saturated carbocycles. The number of hydrogen-bond donors (Lipinski definition) is 2. The number of hydrogen-bond acceptors (Lipinski definition) is 4. The van der Waals surface area contributed by atoms with Crippen LogP contribution in [0.15, 0.2) is 61.4 Å². The highest BCUT2D eigenvalue weighted by atomic mass is 19.4. The third kappa shape index (κ3) is 5.77. The lowest BCUT2D eigenvalue weighted by Crippen LogP contribution is -2.54. The highest BCUT2D eigenvalue weighted by Crippen LogP contribution is 2.51. The second-order valence-corrected chi connectivity index (χ2v) is 8.55. The van der Waals surface area contributed by atoms with Crippen LogP contribution in [0.1, 0.15) is 41.0 Å². The van der Waals surface area contributed by atoms with Crippen molar-refractivity contribution in [2.24, 2.45) is 0 Å². The van der Waals surface area contributed by atoms with Crippen LogP contribution in [0.3, 0.4) is 0 Å². The minimum atomic E-state index is -6.12. The van der Waals surface area contributed by atoms with Crippen molar-refractivity contribution in [1.29, 1.82) is 0 Å². The first-order valence-corrected chi connectivity index (χ1v) is 10.8. The maximum Gasteiger partial charge on any atom is 0.451 e. The Labute approximate surface area is 210 Å². The van der Waals surface area contributed by atoms with Crippen molar-refractivity contribution < 1.29 is 44.6 Å². The molecule has 2 aromatic carbocycles. The standard InChI is InChI=1S/C25H20F9N3O/c1-13-4-6-16(7-5-13)18-8-17(9-20(10-18)22(38,24(29,30)31)25(32,33)34)14(2)37-15(3)19-11-35-21(36-12-19)23(26,27)28/h4-12,15,37-38H,2H2,1,3H3/t15-/m1/s1. The average Bonchev–Trinajstić information content (AvgIpc) is 2.81. The molecule has 0 spiro atoms. The molecule has 1 atom stereocenters. The molecule has 0 radical (unpaired) electrons. The number of aromatic nitrogens is 2. The zero-order valence-corrected chi connectivity index (χ0v) is 19.7. The molecular weight excluding hydrogens is 529 g/mol. The number of benzene rings is 2. The van der Waals surface area contributed by atoms with Crippen molar-refractivity contribution in [2.45, 2.75) is 44.0 Å². The van der Waals surface area contributed by atoms with Crippen LogP contribution in [-0.4, -0.2) is 27.4 Å². The topological polar surface area (TPSA) is 58.0 Å². The molecule has 4 nitrogen and oxygen atoms in total. The summed E-state index contributed by atoms with van der Waals surface area (Å²) in [5, 5.41) is 12.7. The van der Waals surface area contributed by atoms with Crippen molar-refractivity contribution in [2.75, 3.05) is 0 Å². The second-order valence-electron chi connectivity index (χ2n) is 8.55. The van der Waals surface area contributed by atoms with E-state index in [1.165, 1.54) is 25.1 Å². The van der Waals surface area contributed by atoms with Gasteiger partial charge in [-0.3, -0.25) is 0 Å². The molecule has 1 heterocycles. The molecule has 0 amide bonds. The molecule has 0 saturated heterocycles. The summed E-state index contributed by atoms with van der Waals surface area (Å²) in [7, 11) is 0. The Morgan fingerprint density at radius 1 is 0.842 bits per heavy atom. The van der Waals surface area contributed by atoms with Crippen molar-refractivity contribution in [3.63, 3.8) is 0 Å². The van der Waals surface area contributed by atoms with Crippen LogP contribution in [0, 0.1) is 6.92 Å². The highest BCUT2D eigenvalue weighted by molar-refractivity contribution is 5.73. The third-order valence-electron chi connectivity index (χ3n) is 5.72. The molecule has 0 fully saturated rings. The molecule has 2 N–H and O–H groups in total. The van der Waals surface area contributed by atoms with E-state index in [4.69, 9.17) is 0 Å². The van der Waals surface area contributed by atoms with E-state index in [0.717, 1.165) is 18.0 Å². The molecule has 0 aliphatic carbocycles.